The van der Waals surface area contributed by atoms with E-state index in [-0.39, 0.29) is 0 Å². The van der Waals surface area contributed by atoms with Crippen LogP contribution in [0.3, 0.4) is 0 Å². The number of allylic oxidation sites excluding steroid dienone is 3. The molecule has 0 saturated heterocycles. The van der Waals surface area contributed by atoms with E-state index < -0.39 is 0 Å². The first-order valence-corrected chi connectivity index (χ1v) is 13.7. The molecule has 0 radical (unpaired) electrons. The molecule has 1 aliphatic carbocycles. The van der Waals surface area contributed by atoms with E-state index in [0.717, 1.165) is 32.7 Å². The number of benzene rings is 3. The molecule has 188 valence electrons. The molecule has 3 heteroatoms. The zero-order valence-corrected chi connectivity index (χ0v) is 22.7. The molecule has 0 saturated carbocycles. The van der Waals surface area contributed by atoms with Crippen LogP contribution in [0.2, 0.25) is 0 Å². The molecule has 2 N–H and O–H groups in total. The topological polar surface area (TPSA) is 23.1 Å². The van der Waals surface area contributed by atoms with Crippen molar-refractivity contribution in [2.45, 2.75) is 40.7 Å². The number of hydrogen-bond acceptors (Lipinski definition) is 2. The second-order valence-corrected chi connectivity index (χ2v) is 9.34. The maximum atomic E-state index is 2.48. The van der Waals surface area contributed by atoms with Gasteiger partial charge in [-0.15, -0.1) is 0 Å². The van der Waals surface area contributed by atoms with Gasteiger partial charge in [0.25, 0.3) is 0 Å². The van der Waals surface area contributed by atoms with Crippen LogP contribution in [0.4, 0.5) is 11.4 Å². The minimum atomic E-state index is 0.355. The number of hydrogen-bond donors (Lipinski definition) is 1. The summed E-state index contributed by atoms with van der Waals surface area (Å²) >= 11 is 0. The fraction of sp³-hybridized carbons (Fsp3) is 0.333. The molecule has 3 nitrogen and oxygen atoms in total. The molecule has 0 atom stereocenters. The molecule has 0 aliphatic heterocycles. The number of fused-ring (bicyclic) bond motifs is 1. The van der Waals surface area contributed by atoms with E-state index in [1.165, 1.54) is 44.4 Å². The molecule has 0 heterocycles. The van der Waals surface area contributed by atoms with Crippen LogP contribution in [0.25, 0.3) is 16.3 Å². The third-order valence-corrected chi connectivity index (χ3v) is 7.40. The quantitative estimate of drug-likeness (QED) is 0.333. The maximum absolute atomic E-state index is 2.48. The number of quaternary nitrogens is 1. The van der Waals surface area contributed by atoms with Crippen molar-refractivity contribution in [1.82, 2.24) is 4.90 Å². The highest BCUT2D eigenvalue weighted by Gasteiger charge is 2.18. The molecule has 0 fully saturated rings. The van der Waals surface area contributed by atoms with E-state index in [0.29, 0.717) is 6.04 Å². The summed E-state index contributed by atoms with van der Waals surface area (Å²) in [7, 11) is 0. The van der Waals surface area contributed by atoms with E-state index in [2.05, 4.69) is 135 Å². The molecule has 3 aromatic carbocycles. The number of nitrogens with zero attached hydrogens (tertiary/aromatic N) is 2. The highest BCUT2D eigenvalue weighted by atomic mass is 15.1. The standard InChI is InChI=1S/C33H41N3/c1-6-34-32-24-23-31(29-13-11-12-14-30(29)32)33(25-15-19-27(20-16-25)35(7-2)8-3)26-17-21-28(22-18-26)36(9-4)10-5/h11-24,27,34H,6-10H2,1-5H3/p+1. The van der Waals surface area contributed by atoms with Gasteiger partial charge in [-0.1, -0.05) is 68.5 Å². The van der Waals surface area contributed by atoms with Crippen molar-refractivity contribution in [2.24, 2.45) is 0 Å². The third kappa shape index (κ3) is 5.33. The Bertz CT molecular complexity index is 1230. The van der Waals surface area contributed by atoms with Crippen LogP contribution < -0.4 is 10.2 Å². The molecule has 0 spiro atoms. The minimum Gasteiger partial charge on any atom is -0.372 e. The van der Waals surface area contributed by atoms with Gasteiger partial charge in [-0.2, -0.15) is 0 Å². The highest BCUT2D eigenvalue weighted by Crippen LogP contribution is 2.37. The fourth-order valence-electron chi connectivity index (χ4n) is 5.42. The average Bonchev–Trinajstić information content (AvgIpc) is 2.93. The zero-order valence-electron chi connectivity index (χ0n) is 22.7. The molecular weight excluding hydrogens is 438 g/mol. The third-order valence-electron chi connectivity index (χ3n) is 7.40. The van der Waals surface area contributed by atoms with Crippen molar-refractivity contribution in [3.05, 3.63) is 102 Å². The lowest BCUT2D eigenvalue weighted by atomic mass is 9.87. The Labute approximate surface area is 217 Å². The van der Waals surface area contributed by atoms with Gasteiger partial charge >= 0.3 is 0 Å². The van der Waals surface area contributed by atoms with E-state index in [1.54, 1.807) is 0 Å². The van der Waals surface area contributed by atoms with E-state index in [4.69, 9.17) is 0 Å². The molecule has 0 aromatic heterocycles. The van der Waals surface area contributed by atoms with E-state index in [9.17, 15) is 0 Å². The van der Waals surface area contributed by atoms with Crippen LogP contribution in [0.1, 0.15) is 45.7 Å². The molecule has 4 rings (SSSR count). The molecule has 0 amide bonds. The molecule has 0 unspecified atom stereocenters. The van der Waals surface area contributed by atoms with Gasteiger partial charge in [-0.05, 0) is 85.8 Å². The van der Waals surface area contributed by atoms with Crippen LogP contribution >= 0.6 is 0 Å². The summed E-state index contributed by atoms with van der Waals surface area (Å²) in [6.45, 7) is 16.3. The van der Waals surface area contributed by atoms with Crippen molar-refractivity contribution in [3.63, 3.8) is 0 Å². The lowest BCUT2D eigenvalue weighted by molar-refractivity contribution is -0.566. The summed E-state index contributed by atoms with van der Waals surface area (Å²) in [4.78, 5) is 4.88. The zero-order chi connectivity index (χ0) is 25.5. The van der Waals surface area contributed by atoms with Crippen LogP contribution in [0.15, 0.2) is 90.5 Å². The van der Waals surface area contributed by atoms with Gasteiger partial charge in [-0.3, -0.25) is 4.90 Å². The minimum absolute atomic E-state index is 0.355. The van der Waals surface area contributed by atoms with Gasteiger partial charge < -0.3 is 10.2 Å². The summed E-state index contributed by atoms with van der Waals surface area (Å²) in [6.07, 6.45) is 9.37. The molecule has 36 heavy (non-hydrogen) atoms. The normalized spacial score (nSPS) is 15.2. The van der Waals surface area contributed by atoms with Gasteiger partial charge in [0.15, 0.2) is 0 Å². The average molecular weight is 481 g/mol. The molecular formula is C33H42N3+. The number of anilines is 1. The maximum Gasteiger partial charge on any atom is 0.137 e. The Hall–Kier alpha value is -3.14. The van der Waals surface area contributed by atoms with E-state index >= 15 is 0 Å². The smallest absolute Gasteiger partial charge is 0.137 e. The van der Waals surface area contributed by atoms with Gasteiger partial charge in [0.05, 0.1) is 6.54 Å². The summed E-state index contributed by atoms with van der Waals surface area (Å²) in [5.41, 5.74) is 7.71. The lowest BCUT2D eigenvalue weighted by Gasteiger charge is -2.27. The first-order valence-electron chi connectivity index (χ1n) is 13.7. The number of nitrogens with two attached hydrogens (primary N) is 1. The Morgan fingerprint density at radius 1 is 0.722 bits per heavy atom. The van der Waals surface area contributed by atoms with Crippen LogP contribution in [-0.2, 0) is 0 Å². The van der Waals surface area contributed by atoms with Crippen molar-refractivity contribution >= 4 is 27.7 Å². The predicted octanol–water partition coefficient (Wildman–Crippen LogP) is 6.54. The van der Waals surface area contributed by atoms with E-state index in [1.807, 2.05) is 0 Å². The first kappa shape index (κ1) is 25.9. The second kappa shape index (κ2) is 12.2. The Balaban J connectivity index is 1.88. The second-order valence-electron chi connectivity index (χ2n) is 9.34. The van der Waals surface area contributed by atoms with Gasteiger partial charge in [-0.25, -0.2) is 0 Å². The summed E-state index contributed by atoms with van der Waals surface area (Å²) < 4.78 is 0. The van der Waals surface area contributed by atoms with Gasteiger partial charge in [0.1, 0.15) is 5.69 Å². The van der Waals surface area contributed by atoms with Gasteiger partial charge in [0.2, 0.25) is 0 Å². The van der Waals surface area contributed by atoms with Gasteiger partial charge in [0, 0.05) is 36.3 Å². The fourth-order valence-corrected chi connectivity index (χ4v) is 5.42. The summed E-state index contributed by atoms with van der Waals surface area (Å²) in [6, 6.07) is 23.0. The lowest BCUT2D eigenvalue weighted by Crippen LogP contribution is -2.77. The molecule has 0 bridgehead atoms. The summed E-state index contributed by atoms with van der Waals surface area (Å²) in [5.74, 6) is 0. The Morgan fingerprint density at radius 3 is 1.94 bits per heavy atom. The van der Waals surface area contributed by atoms with Crippen LogP contribution in [0, 0.1) is 0 Å². The highest BCUT2D eigenvalue weighted by molar-refractivity contribution is 6.03. The Kier molecular flexibility index (Phi) is 8.79. The first-order chi connectivity index (χ1) is 17.6. The number of rotatable bonds is 10. The Morgan fingerprint density at radius 2 is 1.36 bits per heavy atom. The largest absolute Gasteiger partial charge is 0.372 e. The van der Waals surface area contributed by atoms with Crippen molar-refractivity contribution in [3.8, 4) is 0 Å². The molecule has 1 aliphatic rings. The van der Waals surface area contributed by atoms with Crippen LogP contribution in [-0.4, -0.2) is 43.7 Å². The summed E-state index contributed by atoms with van der Waals surface area (Å²) in [5, 5.41) is 4.95. The van der Waals surface area contributed by atoms with Crippen molar-refractivity contribution in [1.29, 1.82) is 0 Å². The monoisotopic (exact) mass is 480 g/mol. The van der Waals surface area contributed by atoms with Crippen LogP contribution in [0.5, 0.6) is 0 Å². The van der Waals surface area contributed by atoms with Crippen molar-refractivity contribution < 1.29 is 5.32 Å². The van der Waals surface area contributed by atoms with Crippen molar-refractivity contribution in [2.75, 3.05) is 37.6 Å². The predicted molar refractivity (Wildman–Crippen MR) is 157 cm³/mol. The number of likely N-dealkylation sites (N-methyl/N-ethyl adjacent to an activating group) is 1. The SMILES string of the molecule is CC[NH2+]c1ccc(C(=C2C=CC(N(CC)CC)C=C2)c2ccc(N(CC)CC)cc2)c2ccccc12. The molecule has 3 aromatic rings.